The van der Waals surface area contributed by atoms with Crippen LogP contribution in [0.2, 0.25) is 5.02 Å². The number of hydrogen-bond acceptors (Lipinski definition) is 6. The standard InChI is InChI=1S/C23H23ClN6O3S/c1-15-4-6-16(7-5-15)13-30-22-20(27-28-30)23(31)26-21(25-22)17-3-2-12-29(14-17)34(32,33)19-10-8-18(24)9-11-19/h4-11,17H,2-3,12-14H2,1H3,(H,25,26,31). The molecular weight excluding hydrogens is 476 g/mol. The molecule has 3 heterocycles. The minimum Gasteiger partial charge on any atom is -0.308 e. The monoisotopic (exact) mass is 498 g/mol. The highest BCUT2D eigenvalue weighted by atomic mass is 35.5. The van der Waals surface area contributed by atoms with Crippen LogP contribution in [-0.4, -0.2) is 50.8 Å². The zero-order valence-electron chi connectivity index (χ0n) is 18.5. The Kier molecular flexibility index (Phi) is 5.97. The summed E-state index contributed by atoms with van der Waals surface area (Å²) in [5.74, 6) is 0.191. The summed E-state index contributed by atoms with van der Waals surface area (Å²) >= 11 is 5.91. The van der Waals surface area contributed by atoms with Crippen molar-refractivity contribution in [2.24, 2.45) is 0 Å². The molecule has 11 heteroatoms. The maximum absolute atomic E-state index is 13.2. The molecular formula is C23H23ClN6O3S. The van der Waals surface area contributed by atoms with Crippen molar-refractivity contribution in [3.8, 4) is 0 Å². The van der Waals surface area contributed by atoms with Crippen molar-refractivity contribution in [2.45, 2.75) is 37.1 Å². The molecule has 176 valence electrons. The Hall–Kier alpha value is -3.08. The van der Waals surface area contributed by atoms with Gasteiger partial charge in [0.15, 0.2) is 11.2 Å². The molecule has 4 aromatic rings. The average Bonchev–Trinajstić information content (AvgIpc) is 3.24. The van der Waals surface area contributed by atoms with Gasteiger partial charge in [0, 0.05) is 24.0 Å². The molecule has 9 nitrogen and oxygen atoms in total. The van der Waals surface area contributed by atoms with Crippen molar-refractivity contribution in [1.29, 1.82) is 0 Å². The Morgan fingerprint density at radius 1 is 1.12 bits per heavy atom. The van der Waals surface area contributed by atoms with E-state index >= 15 is 0 Å². The van der Waals surface area contributed by atoms with E-state index in [0.29, 0.717) is 42.4 Å². The molecule has 0 saturated carbocycles. The number of piperidine rings is 1. The fourth-order valence-corrected chi connectivity index (χ4v) is 5.84. The van der Waals surface area contributed by atoms with E-state index in [1.807, 2.05) is 31.2 Å². The number of sulfonamides is 1. The maximum Gasteiger partial charge on any atom is 0.281 e. The highest BCUT2D eigenvalue weighted by Gasteiger charge is 2.32. The quantitative estimate of drug-likeness (QED) is 0.452. The number of hydrogen-bond donors (Lipinski definition) is 1. The molecule has 0 radical (unpaired) electrons. The van der Waals surface area contributed by atoms with Crippen molar-refractivity contribution < 1.29 is 8.42 Å². The zero-order chi connectivity index (χ0) is 23.9. The third kappa shape index (κ3) is 4.36. The highest BCUT2D eigenvalue weighted by Crippen LogP contribution is 2.29. The fourth-order valence-electron chi connectivity index (χ4n) is 4.19. The van der Waals surface area contributed by atoms with Crippen LogP contribution in [-0.2, 0) is 16.6 Å². The molecule has 1 aliphatic heterocycles. The molecule has 2 aromatic carbocycles. The molecule has 1 N–H and O–H groups in total. The third-order valence-corrected chi connectivity index (χ3v) is 8.20. The van der Waals surface area contributed by atoms with Gasteiger partial charge in [-0.1, -0.05) is 46.6 Å². The van der Waals surface area contributed by atoms with E-state index in [0.717, 1.165) is 11.1 Å². The summed E-state index contributed by atoms with van der Waals surface area (Å²) < 4.78 is 29.4. The van der Waals surface area contributed by atoms with Gasteiger partial charge in [-0.25, -0.2) is 18.1 Å². The Labute approximate surface area is 201 Å². The molecule has 34 heavy (non-hydrogen) atoms. The fraction of sp³-hybridized carbons (Fsp3) is 0.304. The van der Waals surface area contributed by atoms with Crippen LogP contribution in [0.3, 0.4) is 0 Å². The van der Waals surface area contributed by atoms with Crippen molar-refractivity contribution >= 4 is 32.8 Å². The van der Waals surface area contributed by atoms with Crippen LogP contribution >= 0.6 is 11.6 Å². The van der Waals surface area contributed by atoms with Crippen LogP contribution in [0.25, 0.3) is 11.2 Å². The topological polar surface area (TPSA) is 114 Å². The van der Waals surface area contributed by atoms with Crippen LogP contribution < -0.4 is 5.56 Å². The van der Waals surface area contributed by atoms with Crippen LogP contribution in [0, 0.1) is 6.92 Å². The molecule has 1 unspecified atom stereocenters. The van der Waals surface area contributed by atoms with Gasteiger partial charge in [0.25, 0.3) is 5.56 Å². The first-order chi connectivity index (χ1) is 16.3. The lowest BCUT2D eigenvalue weighted by Gasteiger charge is -2.31. The predicted molar refractivity (Wildman–Crippen MR) is 128 cm³/mol. The normalized spacial score (nSPS) is 17.3. The molecule has 1 fully saturated rings. The molecule has 0 spiro atoms. The van der Waals surface area contributed by atoms with Crippen molar-refractivity contribution in [3.63, 3.8) is 0 Å². The number of benzene rings is 2. The predicted octanol–water partition coefficient (Wildman–Crippen LogP) is 3.09. The number of aromatic nitrogens is 5. The first-order valence-electron chi connectivity index (χ1n) is 11.0. The second-order valence-corrected chi connectivity index (χ2v) is 10.9. The first-order valence-corrected chi connectivity index (χ1v) is 12.8. The van der Waals surface area contributed by atoms with Gasteiger partial charge in [-0.3, -0.25) is 4.79 Å². The van der Waals surface area contributed by atoms with Gasteiger partial charge in [-0.05, 0) is 49.6 Å². The van der Waals surface area contributed by atoms with Crippen molar-refractivity contribution in [2.75, 3.05) is 13.1 Å². The summed E-state index contributed by atoms with van der Waals surface area (Å²) in [6.45, 7) is 3.07. The lowest BCUT2D eigenvalue weighted by molar-refractivity contribution is 0.309. The van der Waals surface area contributed by atoms with Gasteiger partial charge in [-0.15, -0.1) is 5.10 Å². The Bertz CT molecular complexity index is 1500. The van der Waals surface area contributed by atoms with E-state index in [-0.39, 0.29) is 28.4 Å². The SMILES string of the molecule is Cc1ccc(Cn2nnc3c(=O)[nH]c(C4CCCN(S(=O)(=O)c5ccc(Cl)cc5)C4)nc32)cc1. The van der Waals surface area contributed by atoms with Crippen LogP contribution in [0.4, 0.5) is 0 Å². The van der Waals surface area contributed by atoms with E-state index in [9.17, 15) is 13.2 Å². The molecule has 1 atom stereocenters. The van der Waals surface area contributed by atoms with Crippen LogP contribution in [0.5, 0.6) is 0 Å². The van der Waals surface area contributed by atoms with Gasteiger partial charge >= 0.3 is 0 Å². The Balaban J connectivity index is 1.44. The average molecular weight is 499 g/mol. The molecule has 0 bridgehead atoms. The summed E-state index contributed by atoms with van der Waals surface area (Å²) in [5, 5.41) is 8.61. The number of aryl methyl sites for hydroxylation is 1. The number of fused-ring (bicyclic) bond motifs is 1. The number of aromatic amines is 1. The van der Waals surface area contributed by atoms with E-state index in [1.54, 1.807) is 16.8 Å². The smallest absolute Gasteiger partial charge is 0.281 e. The van der Waals surface area contributed by atoms with E-state index < -0.39 is 10.0 Å². The molecule has 1 saturated heterocycles. The number of nitrogens with zero attached hydrogens (tertiary/aromatic N) is 5. The van der Waals surface area contributed by atoms with E-state index in [2.05, 4.69) is 20.3 Å². The second-order valence-electron chi connectivity index (χ2n) is 8.51. The zero-order valence-corrected chi connectivity index (χ0v) is 20.1. The van der Waals surface area contributed by atoms with Gasteiger partial charge in [-0.2, -0.15) is 4.31 Å². The van der Waals surface area contributed by atoms with Crippen molar-refractivity contribution in [1.82, 2.24) is 29.3 Å². The second kappa shape index (κ2) is 8.94. The van der Waals surface area contributed by atoms with Gasteiger partial charge < -0.3 is 4.98 Å². The molecule has 0 amide bonds. The summed E-state index contributed by atoms with van der Waals surface area (Å²) in [7, 11) is -3.69. The lowest BCUT2D eigenvalue weighted by atomic mass is 9.99. The lowest BCUT2D eigenvalue weighted by Crippen LogP contribution is -2.39. The van der Waals surface area contributed by atoms with E-state index in [1.165, 1.54) is 16.4 Å². The molecule has 2 aromatic heterocycles. The Morgan fingerprint density at radius 3 is 2.59 bits per heavy atom. The summed E-state index contributed by atoms with van der Waals surface area (Å²) in [5.41, 5.74) is 2.33. The van der Waals surface area contributed by atoms with Gasteiger partial charge in [0.05, 0.1) is 11.4 Å². The molecule has 0 aliphatic carbocycles. The molecule has 1 aliphatic rings. The number of rotatable bonds is 5. The number of nitrogens with one attached hydrogen (secondary N) is 1. The van der Waals surface area contributed by atoms with E-state index in [4.69, 9.17) is 11.6 Å². The first kappa shape index (κ1) is 22.7. The minimum absolute atomic E-state index is 0.164. The Morgan fingerprint density at radius 2 is 1.85 bits per heavy atom. The summed E-state index contributed by atoms with van der Waals surface area (Å²) in [4.78, 5) is 20.4. The molecule has 5 rings (SSSR count). The maximum atomic E-state index is 13.2. The summed E-state index contributed by atoms with van der Waals surface area (Å²) in [6, 6.07) is 14.1. The van der Waals surface area contributed by atoms with Crippen LogP contribution in [0.1, 0.15) is 35.7 Å². The highest BCUT2D eigenvalue weighted by molar-refractivity contribution is 7.89. The van der Waals surface area contributed by atoms with Gasteiger partial charge in [0.2, 0.25) is 10.0 Å². The third-order valence-electron chi connectivity index (χ3n) is 6.07. The number of H-pyrrole nitrogens is 1. The largest absolute Gasteiger partial charge is 0.308 e. The summed E-state index contributed by atoms with van der Waals surface area (Å²) in [6.07, 6.45) is 1.36. The minimum atomic E-state index is -3.69. The van der Waals surface area contributed by atoms with Crippen molar-refractivity contribution in [3.05, 3.63) is 80.9 Å². The van der Waals surface area contributed by atoms with Crippen LogP contribution in [0.15, 0.2) is 58.2 Å². The van der Waals surface area contributed by atoms with Gasteiger partial charge in [0.1, 0.15) is 5.82 Å². The number of halogens is 1.